The Hall–Kier alpha value is -1.82. The zero-order chi connectivity index (χ0) is 12.3. The van der Waals surface area contributed by atoms with E-state index in [0.29, 0.717) is 25.3 Å². The van der Waals surface area contributed by atoms with Crippen molar-refractivity contribution in [3.05, 3.63) is 35.9 Å². The Morgan fingerprint density at radius 2 is 2.12 bits per heavy atom. The fourth-order valence-electron chi connectivity index (χ4n) is 2.40. The molecule has 1 aliphatic carbocycles. The van der Waals surface area contributed by atoms with Crippen LogP contribution < -0.4 is 5.32 Å². The van der Waals surface area contributed by atoms with Crippen molar-refractivity contribution in [2.24, 2.45) is 11.3 Å². The molecule has 1 N–H and O–H groups in total. The summed E-state index contributed by atoms with van der Waals surface area (Å²) in [5, 5.41) is 12.0. The van der Waals surface area contributed by atoms with Gasteiger partial charge in [0.25, 0.3) is 0 Å². The van der Waals surface area contributed by atoms with Crippen LogP contribution in [0.1, 0.15) is 25.3 Å². The summed E-state index contributed by atoms with van der Waals surface area (Å²) in [6.07, 6.45) is 1.37. The minimum absolute atomic E-state index is 0.123. The van der Waals surface area contributed by atoms with Gasteiger partial charge in [-0.05, 0) is 24.3 Å². The van der Waals surface area contributed by atoms with E-state index in [9.17, 15) is 4.79 Å². The third kappa shape index (κ3) is 2.31. The van der Waals surface area contributed by atoms with Gasteiger partial charge in [-0.25, -0.2) is 0 Å². The summed E-state index contributed by atoms with van der Waals surface area (Å²) >= 11 is 0. The number of carbonyl (C=O) groups is 1. The first-order chi connectivity index (χ1) is 8.16. The Morgan fingerprint density at radius 1 is 1.47 bits per heavy atom. The lowest BCUT2D eigenvalue weighted by Crippen LogP contribution is -2.47. The van der Waals surface area contributed by atoms with Crippen molar-refractivity contribution >= 4 is 5.91 Å². The maximum Gasteiger partial charge on any atom is 0.240 e. The molecule has 0 radical (unpaired) electrons. The Morgan fingerprint density at radius 3 is 2.65 bits per heavy atom. The van der Waals surface area contributed by atoms with Crippen molar-refractivity contribution < 1.29 is 4.79 Å². The maximum atomic E-state index is 12.0. The number of nitrogens with one attached hydrogen (secondary N) is 1. The molecular weight excluding hydrogens is 212 g/mol. The van der Waals surface area contributed by atoms with Gasteiger partial charge in [0.2, 0.25) is 5.91 Å². The number of carbonyl (C=O) groups excluding carboxylic acids is 1. The molecule has 0 aromatic heterocycles. The summed E-state index contributed by atoms with van der Waals surface area (Å²) < 4.78 is 0. The van der Waals surface area contributed by atoms with E-state index in [4.69, 9.17) is 5.26 Å². The van der Waals surface area contributed by atoms with Crippen LogP contribution in [0.15, 0.2) is 30.3 Å². The average molecular weight is 228 g/mol. The highest BCUT2D eigenvalue weighted by atomic mass is 16.2. The molecule has 0 spiro atoms. The fourth-order valence-corrected chi connectivity index (χ4v) is 2.40. The van der Waals surface area contributed by atoms with Crippen LogP contribution >= 0.6 is 0 Å². The van der Waals surface area contributed by atoms with Crippen LogP contribution in [0.25, 0.3) is 0 Å². The number of hydrogen-bond donors (Lipinski definition) is 1. The largest absolute Gasteiger partial charge is 0.351 e. The lowest BCUT2D eigenvalue weighted by molar-refractivity contribution is -0.134. The number of amides is 1. The van der Waals surface area contributed by atoms with E-state index in [1.165, 1.54) is 0 Å². The number of rotatable bonds is 3. The van der Waals surface area contributed by atoms with Crippen LogP contribution in [-0.4, -0.2) is 5.91 Å². The normalized spacial score (nSPS) is 26.7. The molecule has 88 valence electrons. The van der Waals surface area contributed by atoms with Crippen LogP contribution in [0.3, 0.4) is 0 Å². The van der Waals surface area contributed by atoms with Crippen LogP contribution in [0.2, 0.25) is 0 Å². The highest BCUT2D eigenvalue weighted by molar-refractivity contribution is 5.86. The van der Waals surface area contributed by atoms with Gasteiger partial charge in [0.15, 0.2) is 0 Å². The molecule has 0 aliphatic heterocycles. The third-order valence-corrected chi connectivity index (χ3v) is 3.34. The van der Waals surface area contributed by atoms with E-state index in [-0.39, 0.29) is 5.91 Å². The Balaban J connectivity index is 1.92. The van der Waals surface area contributed by atoms with Crippen molar-refractivity contribution in [3.63, 3.8) is 0 Å². The number of benzene rings is 1. The summed E-state index contributed by atoms with van der Waals surface area (Å²) in [6.45, 7) is 2.57. The molecular formula is C14H16N2O. The lowest BCUT2D eigenvalue weighted by Gasteiger charge is -2.39. The second-order valence-corrected chi connectivity index (χ2v) is 4.88. The number of nitriles is 1. The quantitative estimate of drug-likeness (QED) is 0.862. The first kappa shape index (κ1) is 11.7. The Labute approximate surface area is 101 Å². The summed E-state index contributed by atoms with van der Waals surface area (Å²) in [4.78, 5) is 12.0. The van der Waals surface area contributed by atoms with Crippen molar-refractivity contribution in [1.29, 1.82) is 5.26 Å². The fraction of sp³-hybridized carbons (Fsp3) is 0.429. The standard InChI is InChI=1S/C14H16N2O/c1-11-7-14(8-11,10-15)13(17)16-9-12-5-3-2-4-6-12/h2-6,11H,7-9H2,1H3,(H,16,17). The zero-order valence-electron chi connectivity index (χ0n) is 9.94. The number of nitrogens with zero attached hydrogens (tertiary/aromatic N) is 1. The first-order valence-electron chi connectivity index (χ1n) is 5.90. The van der Waals surface area contributed by atoms with E-state index in [1.807, 2.05) is 30.3 Å². The summed E-state index contributed by atoms with van der Waals surface area (Å²) in [6, 6.07) is 11.9. The summed E-state index contributed by atoms with van der Waals surface area (Å²) in [7, 11) is 0. The van der Waals surface area contributed by atoms with Gasteiger partial charge in [0, 0.05) is 6.54 Å². The van der Waals surface area contributed by atoms with E-state index in [2.05, 4.69) is 18.3 Å². The minimum Gasteiger partial charge on any atom is -0.351 e. The molecule has 1 aliphatic rings. The lowest BCUT2D eigenvalue weighted by atomic mass is 9.63. The summed E-state index contributed by atoms with van der Waals surface area (Å²) in [5.74, 6) is 0.360. The van der Waals surface area contributed by atoms with Crippen molar-refractivity contribution in [3.8, 4) is 6.07 Å². The first-order valence-corrected chi connectivity index (χ1v) is 5.90. The minimum atomic E-state index is -0.770. The van der Waals surface area contributed by atoms with Gasteiger partial charge in [-0.15, -0.1) is 0 Å². The van der Waals surface area contributed by atoms with E-state index in [1.54, 1.807) is 0 Å². The maximum absolute atomic E-state index is 12.0. The second kappa shape index (κ2) is 4.58. The van der Waals surface area contributed by atoms with Crippen LogP contribution in [-0.2, 0) is 11.3 Å². The van der Waals surface area contributed by atoms with Crippen LogP contribution in [0.5, 0.6) is 0 Å². The molecule has 1 fully saturated rings. The van der Waals surface area contributed by atoms with Crippen molar-refractivity contribution in [2.45, 2.75) is 26.3 Å². The molecule has 1 amide bonds. The third-order valence-electron chi connectivity index (χ3n) is 3.34. The van der Waals surface area contributed by atoms with Gasteiger partial charge < -0.3 is 5.32 Å². The molecule has 1 saturated carbocycles. The van der Waals surface area contributed by atoms with E-state index >= 15 is 0 Å². The van der Waals surface area contributed by atoms with Crippen LogP contribution in [0.4, 0.5) is 0 Å². The van der Waals surface area contributed by atoms with Gasteiger partial charge in [-0.1, -0.05) is 37.3 Å². The predicted molar refractivity (Wildman–Crippen MR) is 64.7 cm³/mol. The molecule has 3 nitrogen and oxygen atoms in total. The Bertz CT molecular complexity index is 441. The molecule has 17 heavy (non-hydrogen) atoms. The van der Waals surface area contributed by atoms with Gasteiger partial charge in [0.05, 0.1) is 6.07 Å². The van der Waals surface area contributed by atoms with Crippen molar-refractivity contribution in [2.75, 3.05) is 0 Å². The van der Waals surface area contributed by atoms with Crippen molar-refractivity contribution in [1.82, 2.24) is 5.32 Å². The zero-order valence-corrected chi connectivity index (χ0v) is 9.94. The molecule has 0 bridgehead atoms. The Kier molecular flexibility index (Phi) is 3.14. The van der Waals surface area contributed by atoms with Crippen LogP contribution in [0, 0.1) is 22.7 Å². The van der Waals surface area contributed by atoms with Gasteiger partial charge in [-0.3, -0.25) is 4.79 Å². The molecule has 0 unspecified atom stereocenters. The topological polar surface area (TPSA) is 52.9 Å². The predicted octanol–water partition coefficient (Wildman–Crippen LogP) is 2.24. The monoisotopic (exact) mass is 228 g/mol. The van der Waals surface area contributed by atoms with Gasteiger partial charge in [0.1, 0.15) is 5.41 Å². The summed E-state index contributed by atoms with van der Waals surface area (Å²) in [5.41, 5.74) is 0.287. The smallest absolute Gasteiger partial charge is 0.240 e. The number of hydrogen-bond acceptors (Lipinski definition) is 2. The van der Waals surface area contributed by atoms with E-state index in [0.717, 1.165) is 5.56 Å². The highest BCUT2D eigenvalue weighted by Gasteiger charge is 2.48. The molecule has 1 aromatic carbocycles. The second-order valence-electron chi connectivity index (χ2n) is 4.88. The average Bonchev–Trinajstić information content (AvgIpc) is 2.33. The molecule has 3 heteroatoms. The van der Waals surface area contributed by atoms with Gasteiger partial charge >= 0.3 is 0 Å². The van der Waals surface area contributed by atoms with Gasteiger partial charge in [-0.2, -0.15) is 5.26 Å². The molecule has 0 atom stereocenters. The molecule has 0 saturated heterocycles. The van der Waals surface area contributed by atoms with E-state index < -0.39 is 5.41 Å². The molecule has 1 aromatic rings. The highest BCUT2D eigenvalue weighted by Crippen LogP contribution is 2.45. The molecule has 2 rings (SSSR count). The molecule has 0 heterocycles. The SMILES string of the molecule is CC1CC(C#N)(C(=O)NCc2ccccc2)C1.